The Labute approximate surface area is 99.4 Å². The summed E-state index contributed by atoms with van der Waals surface area (Å²) in [6.07, 6.45) is 0. The predicted octanol–water partition coefficient (Wildman–Crippen LogP) is 3.94. The Morgan fingerprint density at radius 1 is 1.43 bits per heavy atom. The summed E-state index contributed by atoms with van der Waals surface area (Å²) >= 11 is 11.1. The molecule has 1 nitrogen and oxygen atoms in total. The molecule has 1 aromatic carbocycles. The molecule has 14 heavy (non-hydrogen) atoms. The van der Waals surface area contributed by atoms with Crippen molar-refractivity contribution in [2.24, 2.45) is 0 Å². The van der Waals surface area contributed by atoms with E-state index in [1.807, 2.05) is 18.2 Å². The first-order chi connectivity index (χ1) is 6.77. The molecular formula is C10H8BrClOS. The van der Waals surface area contributed by atoms with Gasteiger partial charge in [-0.25, -0.2) is 0 Å². The van der Waals surface area contributed by atoms with Crippen LogP contribution in [0.15, 0.2) is 18.2 Å². The molecule has 4 heteroatoms. The fourth-order valence-electron chi connectivity index (χ4n) is 1.51. The van der Waals surface area contributed by atoms with Crippen LogP contribution in [-0.2, 0) is 11.9 Å². The summed E-state index contributed by atoms with van der Waals surface area (Å²) in [7, 11) is 0. The number of thiophene rings is 1. The quantitative estimate of drug-likeness (QED) is 0.831. The average molecular weight is 292 g/mol. The average Bonchev–Trinajstić information content (AvgIpc) is 2.52. The molecule has 0 unspecified atom stereocenters. The molecule has 0 aliphatic heterocycles. The molecule has 1 heterocycles. The van der Waals surface area contributed by atoms with Crippen LogP contribution in [0.4, 0.5) is 0 Å². The minimum absolute atomic E-state index is 0.0599. The Hall–Kier alpha value is -0.0900. The molecule has 2 aromatic rings. The highest BCUT2D eigenvalue weighted by Crippen LogP contribution is 2.38. The van der Waals surface area contributed by atoms with Gasteiger partial charge in [0.1, 0.15) is 0 Å². The summed E-state index contributed by atoms with van der Waals surface area (Å²) in [6, 6.07) is 5.90. The molecule has 0 amide bonds. The van der Waals surface area contributed by atoms with Gasteiger partial charge >= 0.3 is 0 Å². The van der Waals surface area contributed by atoms with Crippen molar-refractivity contribution in [2.45, 2.75) is 11.9 Å². The van der Waals surface area contributed by atoms with Gasteiger partial charge in [-0.2, -0.15) is 0 Å². The van der Waals surface area contributed by atoms with Gasteiger partial charge in [-0.3, -0.25) is 0 Å². The first kappa shape index (κ1) is 10.4. The third kappa shape index (κ3) is 1.58. The van der Waals surface area contributed by atoms with Crippen molar-refractivity contribution in [3.8, 4) is 0 Å². The summed E-state index contributed by atoms with van der Waals surface area (Å²) in [5, 5.41) is 11.0. The van der Waals surface area contributed by atoms with Gasteiger partial charge in [-0.1, -0.05) is 39.7 Å². The van der Waals surface area contributed by atoms with Crippen LogP contribution < -0.4 is 0 Å². The fraction of sp³-hybridized carbons (Fsp3) is 0.200. The zero-order valence-electron chi connectivity index (χ0n) is 7.26. The topological polar surface area (TPSA) is 20.2 Å². The molecule has 0 spiro atoms. The number of hydrogen-bond donors (Lipinski definition) is 1. The second-order valence-electron chi connectivity index (χ2n) is 2.94. The van der Waals surface area contributed by atoms with Gasteiger partial charge in [0.25, 0.3) is 0 Å². The number of rotatable bonds is 2. The van der Waals surface area contributed by atoms with Crippen molar-refractivity contribution in [1.29, 1.82) is 0 Å². The van der Waals surface area contributed by atoms with Crippen LogP contribution in [-0.4, -0.2) is 5.11 Å². The van der Waals surface area contributed by atoms with Crippen molar-refractivity contribution in [2.75, 3.05) is 0 Å². The smallest absolute Gasteiger partial charge is 0.0981 e. The molecule has 0 aliphatic carbocycles. The largest absolute Gasteiger partial charge is 0.392 e. The Morgan fingerprint density at radius 3 is 2.86 bits per heavy atom. The molecule has 74 valence electrons. The SMILES string of the molecule is OCc1cccc2sc(Cl)c(CBr)c12. The Balaban J connectivity index is 2.82. The molecule has 2 rings (SSSR count). The Bertz CT molecular complexity index is 466. The zero-order valence-corrected chi connectivity index (χ0v) is 10.4. The molecule has 0 radical (unpaired) electrons. The van der Waals surface area contributed by atoms with Gasteiger partial charge < -0.3 is 5.11 Å². The van der Waals surface area contributed by atoms with Gasteiger partial charge in [0, 0.05) is 21.0 Å². The van der Waals surface area contributed by atoms with Gasteiger partial charge in [-0.05, 0) is 11.6 Å². The van der Waals surface area contributed by atoms with E-state index in [2.05, 4.69) is 15.9 Å². The maximum absolute atomic E-state index is 9.21. The van der Waals surface area contributed by atoms with Gasteiger partial charge in [-0.15, -0.1) is 11.3 Å². The minimum atomic E-state index is 0.0599. The molecule has 0 aliphatic rings. The standard InChI is InChI=1S/C10H8BrClOS/c11-4-7-9-6(5-13)2-1-3-8(9)14-10(7)12/h1-3,13H,4-5H2. The number of aliphatic hydroxyl groups excluding tert-OH is 1. The van der Waals surface area contributed by atoms with Crippen LogP contribution in [0.1, 0.15) is 11.1 Å². The molecule has 1 aromatic heterocycles. The number of halogens is 2. The highest BCUT2D eigenvalue weighted by Gasteiger charge is 2.12. The molecule has 0 atom stereocenters. The van der Waals surface area contributed by atoms with Crippen LogP contribution >= 0.6 is 38.9 Å². The van der Waals surface area contributed by atoms with E-state index in [1.165, 1.54) is 0 Å². The lowest BCUT2D eigenvalue weighted by Crippen LogP contribution is -1.85. The van der Waals surface area contributed by atoms with E-state index >= 15 is 0 Å². The lowest BCUT2D eigenvalue weighted by Gasteiger charge is -2.00. The summed E-state index contributed by atoms with van der Waals surface area (Å²) in [6.45, 7) is 0.0599. The maximum atomic E-state index is 9.21. The van der Waals surface area contributed by atoms with E-state index in [0.717, 1.165) is 30.9 Å². The summed E-state index contributed by atoms with van der Waals surface area (Å²) < 4.78 is 1.94. The van der Waals surface area contributed by atoms with E-state index in [4.69, 9.17) is 11.6 Å². The van der Waals surface area contributed by atoms with E-state index in [0.29, 0.717) is 0 Å². The van der Waals surface area contributed by atoms with Crippen LogP contribution in [0.5, 0.6) is 0 Å². The summed E-state index contributed by atoms with van der Waals surface area (Å²) in [5.41, 5.74) is 2.02. The second kappa shape index (κ2) is 4.19. The molecule has 0 saturated carbocycles. The first-order valence-corrected chi connectivity index (χ1v) is 6.45. The number of fused-ring (bicyclic) bond motifs is 1. The zero-order chi connectivity index (χ0) is 10.1. The van der Waals surface area contributed by atoms with Gasteiger partial charge in [0.2, 0.25) is 0 Å². The molecule has 0 saturated heterocycles. The van der Waals surface area contributed by atoms with Crippen LogP contribution in [0, 0.1) is 0 Å². The number of hydrogen-bond acceptors (Lipinski definition) is 2. The van der Waals surface area contributed by atoms with Crippen LogP contribution in [0.25, 0.3) is 10.1 Å². The molecule has 1 N–H and O–H groups in total. The van der Waals surface area contributed by atoms with E-state index in [1.54, 1.807) is 11.3 Å². The normalized spacial score (nSPS) is 11.1. The van der Waals surface area contributed by atoms with Gasteiger partial charge in [0.05, 0.1) is 10.9 Å². The minimum Gasteiger partial charge on any atom is -0.392 e. The van der Waals surface area contributed by atoms with Crippen molar-refractivity contribution in [1.82, 2.24) is 0 Å². The third-order valence-corrected chi connectivity index (χ3v) is 4.16. The van der Waals surface area contributed by atoms with E-state index in [9.17, 15) is 5.11 Å². The Morgan fingerprint density at radius 2 is 2.21 bits per heavy atom. The van der Waals surface area contributed by atoms with Crippen molar-refractivity contribution in [3.05, 3.63) is 33.7 Å². The van der Waals surface area contributed by atoms with Crippen molar-refractivity contribution < 1.29 is 5.11 Å². The summed E-state index contributed by atoms with van der Waals surface area (Å²) in [5.74, 6) is 0. The van der Waals surface area contributed by atoms with Crippen molar-refractivity contribution in [3.63, 3.8) is 0 Å². The monoisotopic (exact) mass is 290 g/mol. The lowest BCUT2D eigenvalue weighted by molar-refractivity contribution is 0.283. The van der Waals surface area contributed by atoms with Crippen LogP contribution in [0.2, 0.25) is 4.34 Å². The highest BCUT2D eigenvalue weighted by molar-refractivity contribution is 9.08. The molecule has 0 bridgehead atoms. The molecule has 0 fully saturated rings. The molecular weight excluding hydrogens is 284 g/mol. The Kier molecular flexibility index (Phi) is 3.12. The van der Waals surface area contributed by atoms with Crippen LogP contribution in [0.3, 0.4) is 0 Å². The van der Waals surface area contributed by atoms with E-state index in [-0.39, 0.29) is 6.61 Å². The first-order valence-electron chi connectivity index (χ1n) is 4.13. The van der Waals surface area contributed by atoms with E-state index < -0.39 is 0 Å². The lowest BCUT2D eigenvalue weighted by atomic mass is 10.1. The summed E-state index contributed by atoms with van der Waals surface area (Å²) in [4.78, 5) is 0. The predicted molar refractivity (Wildman–Crippen MR) is 65.4 cm³/mol. The highest BCUT2D eigenvalue weighted by atomic mass is 79.9. The maximum Gasteiger partial charge on any atom is 0.0981 e. The third-order valence-electron chi connectivity index (χ3n) is 2.16. The number of benzene rings is 1. The van der Waals surface area contributed by atoms with Crippen molar-refractivity contribution >= 4 is 49.0 Å². The fourth-order valence-corrected chi connectivity index (χ4v) is 3.82. The van der Waals surface area contributed by atoms with Gasteiger partial charge in [0.15, 0.2) is 0 Å². The second-order valence-corrected chi connectivity index (χ2v) is 5.15. The number of alkyl halides is 1. The number of aliphatic hydroxyl groups is 1.